The number of phenols is 1. The van der Waals surface area contributed by atoms with Gasteiger partial charge in [-0.15, -0.1) is 14.6 Å². The molecule has 5 aromatic carbocycles. The Bertz CT molecular complexity index is 2960. The molecule has 0 aliphatic rings. The van der Waals surface area contributed by atoms with Gasteiger partial charge in [0.25, 0.3) is 30.4 Å². The number of nitrogens with one attached hydrogen (secondary N) is 3. The first-order valence-corrected chi connectivity index (χ1v) is 21.3. The summed E-state index contributed by atoms with van der Waals surface area (Å²) in [7, 11) is -13.2. The molecule has 26 heteroatoms. The number of phenolic OH excluding ortho intramolecular Hbond substituents is 1. The van der Waals surface area contributed by atoms with Crippen LogP contribution in [0.2, 0.25) is 5.28 Å². The van der Waals surface area contributed by atoms with E-state index in [1.165, 1.54) is 0 Å². The number of halogens is 1. The molecule has 21 nitrogen and oxygen atoms in total. The maximum absolute atomic E-state index is 12.6. The number of nitrogens with zero attached hydrogens (tertiary/aromatic N) is 5. The lowest BCUT2D eigenvalue weighted by Gasteiger charge is -2.15. The first-order valence-electron chi connectivity index (χ1n) is 15.9. The molecule has 0 bridgehead atoms. The standard InChI is InChI=1S/C32H27ClN8O13S4/c1-34-18-5-2-4-16(10-18)14-35-15-26-37-31(33)39-32(38-26)36-23-13-19(56(44,45)46)11-17-12-24(55-54-53-43)28(29(42)27(17)23)41-40-22-9-8-20-21(30(22)58(50,51)52)6-3-7-25(20)57(47,48)49/h2-13,34-35,42-43H,14-15H2,1H3,(H,44,45,46)(H,47,48,49)(H,50,51,52)(H,36,37,38,39). The smallest absolute Gasteiger partial charge is 0.297 e. The quantitative estimate of drug-likeness (QED) is 0.0187. The van der Waals surface area contributed by atoms with Crippen molar-refractivity contribution in [2.45, 2.75) is 32.7 Å². The van der Waals surface area contributed by atoms with Crippen LogP contribution in [0.25, 0.3) is 21.5 Å². The number of benzene rings is 5. The largest absolute Gasteiger partial charge is 0.505 e. The van der Waals surface area contributed by atoms with E-state index in [1.807, 2.05) is 24.3 Å². The van der Waals surface area contributed by atoms with Gasteiger partial charge in [0.05, 0.1) is 34.1 Å². The predicted molar refractivity (Wildman–Crippen MR) is 208 cm³/mol. The van der Waals surface area contributed by atoms with Gasteiger partial charge < -0.3 is 21.1 Å². The van der Waals surface area contributed by atoms with Crippen LogP contribution in [0.5, 0.6) is 5.75 Å². The summed E-state index contributed by atoms with van der Waals surface area (Å²) in [6.07, 6.45) is 0. The van der Waals surface area contributed by atoms with E-state index < -0.39 is 62.2 Å². The zero-order valence-corrected chi connectivity index (χ0v) is 33.1. The molecule has 304 valence electrons. The Kier molecular flexibility index (Phi) is 12.4. The highest BCUT2D eigenvalue weighted by Crippen LogP contribution is 2.48. The van der Waals surface area contributed by atoms with Crippen LogP contribution < -0.4 is 16.0 Å². The van der Waals surface area contributed by atoms with Gasteiger partial charge in [-0.1, -0.05) is 35.4 Å². The molecule has 0 unspecified atom stereocenters. The van der Waals surface area contributed by atoms with Crippen LogP contribution in [-0.2, 0) is 52.8 Å². The van der Waals surface area contributed by atoms with Crippen molar-refractivity contribution in [2.75, 3.05) is 17.7 Å². The molecule has 6 rings (SSSR count). The summed E-state index contributed by atoms with van der Waals surface area (Å²) >= 11 is 6.43. The SMILES string of the molecule is CNc1cccc(CNCc2nc(Cl)nc(Nc3cc(S(=O)(=O)O)cc4cc(SOOO)c(N=Nc5ccc6c(S(=O)(=O)O)cccc6c5S(=O)(=O)O)c(O)c34)n2)c1. The molecule has 1 heterocycles. The number of hydrogen-bond donors (Lipinski definition) is 8. The van der Waals surface area contributed by atoms with Crippen molar-refractivity contribution >= 4 is 104 Å². The second kappa shape index (κ2) is 17.0. The number of aromatic nitrogens is 3. The molecule has 0 radical (unpaired) electrons. The second-order valence-electron chi connectivity index (χ2n) is 11.8. The second-order valence-corrected chi connectivity index (χ2v) is 17.0. The topological polar surface area (TPSA) is 322 Å². The molecule has 0 aliphatic heterocycles. The lowest BCUT2D eigenvalue weighted by Crippen LogP contribution is -2.16. The minimum atomic E-state index is -5.19. The lowest BCUT2D eigenvalue weighted by molar-refractivity contribution is -0.432. The van der Waals surface area contributed by atoms with Gasteiger partial charge in [0, 0.05) is 35.4 Å². The monoisotopic (exact) mass is 894 g/mol. The molecule has 6 aromatic rings. The van der Waals surface area contributed by atoms with Crippen LogP contribution >= 0.6 is 23.6 Å². The fourth-order valence-electron chi connectivity index (χ4n) is 5.69. The first-order chi connectivity index (χ1) is 27.4. The average molecular weight is 895 g/mol. The van der Waals surface area contributed by atoms with Crippen molar-refractivity contribution in [1.82, 2.24) is 20.3 Å². The first kappa shape index (κ1) is 42.4. The van der Waals surface area contributed by atoms with Crippen molar-refractivity contribution in [1.29, 1.82) is 0 Å². The van der Waals surface area contributed by atoms with Crippen LogP contribution in [0.1, 0.15) is 11.4 Å². The molecule has 0 saturated heterocycles. The van der Waals surface area contributed by atoms with E-state index in [0.29, 0.717) is 6.54 Å². The van der Waals surface area contributed by atoms with E-state index in [-0.39, 0.29) is 67.8 Å². The Morgan fingerprint density at radius 3 is 2.28 bits per heavy atom. The fourth-order valence-corrected chi connectivity index (χ4v) is 8.44. The summed E-state index contributed by atoms with van der Waals surface area (Å²) in [5.41, 5.74) is 0.493. The number of anilines is 3. The van der Waals surface area contributed by atoms with Crippen molar-refractivity contribution in [3.05, 3.63) is 89.5 Å². The van der Waals surface area contributed by atoms with E-state index in [0.717, 1.165) is 59.8 Å². The van der Waals surface area contributed by atoms with Crippen LogP contribution in [0, 0.1) is 0 Å². The van der Waals surface area contributed by atoms with E-state index in [4.69, 9.17) is 16.9 Å². The number of fused-ring (bicyclic) bond motifs is 2. The molecule has 0 fully saturated rings. The lowest BCUT2D eigenvalue weighted by atomic mass is 10.1. The fraction of sp³-hybridized carbons (Fsp3) is 0.0938. The Labute approximate surface area is 337 Å². The molecule has 0 atom stereocenters. The van der Waals surface area contributed by atoms with Crippen molar-refractivity contribution in [3.63, 3.8) is 0 Å². The molecule has 8 N–H and O–H groups in total. The van der Waals surface area contributed by atoms with Gasteiger partial charge in [-0.2, -0.15) is 35.2 Å². The van der Waals surface area contributed by atoms with Gasteiger partial charge in [-0.25, -0.2) is 10.2 Å². The summed E-state index contributed by atoms with van der Waals surface area (Å²) < 4.78 is 108. The predicted octanol–water partition coefficient (Wildman–Crippen LogP) is 6.20. The van der Waals surface area contributed by atoms with E-state index >= 15 is 0 Å². The van der Waals surface area contributed by atoms with Crippen LogP contribution in [0.15, 0.2) is 103 Å². The molecular weight excluding hydrogens is 868 g/mol. The van der Waals surface area contributed by atoms with Crippen molar-refractivity contribution in [3.8, 4) is 5.75 Å². The van der Waals surface area contributed by atoms with Crippen molar-refractivity contribution < 1.29 is 58.6 Å². The van der Waals surface area contributed by atoms with Gasteiger partial charge in [0.15, 0.2) is 5.75 Å². The van der Waals surface area contributed by atoms with Crippen LogP contribution in [0.4, 0.5) is 28.7 Å². The normalized spacial score (nSPS) is 12.4. The van der Waals surface area contributed by atoms with E-state index in [9.17, 15) is 44.0 Å². The summed E-state index contributed by atoms with van der Waals surface area (Å²) in [6.45, 7) is 0.503. The molecule has 0 spiro atoms. The maximum Gasteiger partial charge on any atom is 0.297 e. The molecule has 0 amide bonds. The van der Waals surface area contributed by atoms with Gasteiger partial charge in [0.2, 0.25) is 11.2 Å². The molecule has 0 saturated carbocycles. The van der Waals surface area contributed by atoms with Crippen molar-refractivity contribution in [2.24, 2.45) is 10.2 Å². The van der Waals surface area contributed by atoms with Crippen LogP contribution in [-0.4, -0.2) is 71.3 Å². The summed E-state index contributed by atoms with van der Waals surface area (Å²) in [6, 6.07) is 15.9. The number of hydrogen-bond acceptors (Lipinski definition) is 19. The Hall–Kier alpha value is -5.16. The summed E-state index contributed by atoms with van der Waals surface area (Å²) in [5.74, 6) is -0.878. The molecule has 58 heavy (non-hydrogen) atoms. The van der Waals surface area contributed by atoms with E-state index in [1.54, 1.807) is 7.05 Å². The third-order valence-corrected chi connectivity index (χ3v) is 11.5. The third kappa shape index (κ3) is 9.58. The zero-order chi connectivity index (χ0) is 42.0. The highest BCUT2D eigenvalue weighted by Gasteiger charge is 2.25. The van der Waals surface area contributed by atoms with Gasteiger partial charge in [0.1, 0.15) is 27.0 Å². The Morgan fingerprint density at radius 1 is 0.828 bits per heavy atom. The summed E-state index contributed by atoms with van der Waals surface area (Å²) in [5, 5.41) is 39.9. The number of azo groups is 1. The highest BCUT2D eigenvalue weighted by atomic mass is 35.5. The van der Waals surface area contributed by atoms with Gasteiger partial charge in [-0.05, 0) is 65.0 Å². The maximum atomic E-state index is 12.6. The summed E-state index contributed by atoms with van der Waals surface area (Å²) in [4.78, 5) is 9.96. The van der Waals surface area contributed by atoms with E-state index in [2.05, 4.69) is 50.5 Å². The Balaban J connectivity index is 1.47. The minimum Gasteiger partial charge on any atom is -0.505 e. The molecule has 0 aliphatic carbocycles. The number of aromatic hydroxyl groups is 1. The molecule has 1 aromatic heterocycles. The average Bonchev–Trinajstić information content (AvgIpc) is 3.14. The van der Waals surface area contributed by atoms with Gasteiger partial charge in [-0.3, -0.25) is 13.7 Å². The third-order valence-electron chi connectivity index (χ3n) is 8.05. The highest BCUT2D eigenvalue weighted by molar-refractivity contribution is 7.94. The minimum absolute atomic E-state index is 0.0905. The number of rotatable bonds is 15. The Morgan fingerprint density at radius 2 is 1.59 bits per heavy atom. The molecular formula is C32H27ClN8O13S4. The van der Waals surface area contributed by atoms with Crippen LogP contribution in [0.3, 0.4) is 0 Å². The zero-order valence-electron chi connectivity index (χ0n) is 29.1. The van der Waals surface area contributed by atoms with Gasteiger partial charge >= 0.3 is 0 Å².